The third-order valence-electron chi connectivity index (χ3n) is 2.19. The summed E-state index contributed by atoms with van der Waals surface area (Å²) in [7, 11) is 0. The number of halogens is 9. The SMILES string of the molecule is CC(=CC(F)C(F)(F)C(F)(F)C(F)(F)C(F)F)C(=O)O. The summed E-state index contributed by atoms with van der Waals surface area (Å²) in [5.74, 6) is -21.4. The fourth-order valence-corrected chi connectivity index (χ4v) is 0.928. The third-order valence-corrected chi connectivity index (χ3v) is 2.19. The average Bonchev–Trinajstić information content (AvgIpc) is 2.27. The Bertz CT molecular complexity index is 402. The molecule has 0 saturated carbocycles. The first-order chi connectivity index (χ1) is 8.69. The van der Waals surface area contributed by atoms with Gasteiger partial charge >= 0.3 is 30.2 Å². The molecule has 0 rings (SSSR count). The Kier molecular flexibility index (Phi) is 5.13. The predicted molar refractivity (Wildman–Crippen MR) is 47.1 cm³/mol. The van der Waals surface area contributed by atoms with Crippen molar-refractivity contribution in [2.24, 2.45) is 0 Å². The second kappa shape index (κ2) is 5.52. The molecule has 0 saturated heterocycles. The first-order valence-electron chi connectivity index (χ1n) is 4.67. The van der Waals surface area contributed by atoms with E-state index in [1.54, 1.807) is 0 Å². The minimum atomic E-state index is -6.72. The van der Waals surface area contributed by atoms with Crippen molar-refractivity contribution in [2.45, 2.75) is 37.3 Å². The lowest BCUT2D eigenvalue weighted by Crippen LogP contribution is -2.60. The number of carboxylic acids is 1. The Morgan fingerprint density at radius 1 is 1.00 bits per heavy atom. The van der Waals surface area contributed by atoms with E-state index in [0.717, 1.165) is 0 Å². The van der Waals surface area contributed by atoms with Crippen LogP contribution in [0.4, 0.5) is 39.5 Å². The Hall–Kier alpha value is -1.42. The van der Waals surface area contributed by atoms with Crippen molar-refractivity contribution >= 4 is 5.97 Å². The van der Waals surface area contributed by atoms with Gasteiger partial charge in [0.1, 0.15) is 0 Å². The van der Waals surface area contributed by atoms with E-state index in [1.165, 1.54) is 0 Å². The van der Waals surface area contributed by atoms with Gasteiger partial charge in [-0.25, -0.2) is 18.0 Å². The van der Waals surface area contributed by atoms with Crippen molar-refractivity contribution in [3.8, 4) is 0 Å². The second-order valence-electron chi connectivity index (χ2n) is 3.68. The van der Waals surface area contributed by atoms with Crippen molar-refractivity contribution in [3.05, 3.63) is 11.6 Å². The van der Waals surface area contributed by atoms with Crippen LogP contribution in [0.3, 0.4) is 0 Å². The largest absolute Gasteiger partial charge is 0.478 e. The van der Waals surface area contributed by atoms with Crippen LogP contribution in [0.5, 0.6) is 0 Å². The molecule has 1 N–H and O–H groups in total. The summed E-state index contributed by atoms with van der Waals surface area (Å²) >= 11 is 0. The number of alkyl halides is 9. The van der Waals surface area contributed by atoms with Crippen molar-refractivity contribution in [3.63, 3.8) is 0 Å². The highest BCUT2D eigenvalue weighted by molar-refractivity contribution is 5.85. The number of carbonyl (C=O) groups is 1. The molecule has 0 aromatic rings. The van der Waals surface area contributed by atoms with Crippen molar-refractivity contribution in [2.75, 3.05) is 0 Å². The van der Waals surface area contributed by atoms with E-state index in [1.807, 2.05) is 0 Å². The molecular weight excluding hydrogens is 311 g/mol. The first-order valence-corrected chi connectivity index (χ1v) is 4.67. The van der Waals surface area contributed by atoms with Crippen LogP contribution in [0.1, 0.15) is 6.92 Å². The summed E-state index contributed by atoms with van der Waals surface area (Å²) in [4.78, 5) is 10.2. The topological polar surface area (TPSA) is 37.3 Å². The van der Waals surface area contributed by atoms with E-state index in [-0.39, 0.29) is 0 Å². The molecular formula is C9H7F9O2. The third kappa shape index (κ3) is 3.01. The molecule has 0 amide bonds. The van der Waals surface area contributed by atoms with Gasteiger partial charge in [-0.05, 0) is 13.0 Å². The lowest BCUT2D eigenvalue weighted by atomic mass is 9.99. The highest BCUT2D eigenvalue weighted by Crippen LogP contribution is 2.50. The second-order valence-corrected chi connectivity index (χ2v) is 3.68. The normalized spacial score (nSPS) is 16.4. The molecule has 0 fully saturated rings. The van der Waals surface area contributed by atoms with E-state index >= 15 is 0 Å². The molecule has 1 unspecified atom stereocenters. The Morgan fingerprint density at radius 2 is 1.40 bits per heavy atom. The number of aliphatic carboxylic acids is 1. The van der Waals surface area contributed by atoms with Gasteiger partial charge in [-0.3, -0.25) is 0 Å². The minimum absolute atomic E-state index is 0.522. The van der Waals surface area contributed by atoms with E-state index in [0.29, 0.717) is 6.92 Å². The Morgan fingerprint density at radius 3 is 1.70 bits per heavy atom. The maximum atomic E-state index is 12.9. The van der Waals surface area contributed by atoms with E-state index < -0.39 is 48.0 Å². The van der Waals surface area contributed by atoms with Crippen molar-refractivity contribution < 1.29 is 49.4 Å². The number of carboxylic acid groups (broad SMARTS) is 1. The summed E-state index contributed by atoms with van der Waals surface area (Å²) in [6.45, 7) is 0.522. The number of allylic oxidation sites excluding steroid dienone is 1. The van der Waals surface area contributed by atoms with Crippen LogP contribution in [0.25, 0.3) is 0 Å². The predicted octanol–water partition coefficient (Wildman–Crippen LogP) is 3.53. The first kappa shape index (κ1) is 18.6. The lowest BCUT2D eigenvalue weighted by Gasteiger charge is -2.33. The van der Waals surface area contributed by atoms with E-state index in [4.69, 9.17) is 5.11 Å². The Labute approximate surface area is 105 Å². The van der Waals surface area contributed by atoms with Crippen LogP contribution in [-0.4, -0.2) is 41.4 Å². The average molecular weight is 318 g/mol. The van der Waals surface area contributed by atoms with Gasteiger partial charge in [0.05, 0.1) is 0 Å². The van der Waals surface area contributed by atoms with Gasteiger partial charge in [0, 0.05) is 5.57 Å². The van der Waals surface area contributed by atoms with Gasteiger partial charge in [0.25, 0.3) is 0 Å². The minimum Gasteiger partial charge on any atom is -0.478 e. The van der Waals surface area contributed by atoms with Crippen molar-refractivity contribution in [1.82, 2.24) is 0 Å². The van der Waals surface area contributed by atoms with Crippen LogP contribution in [0, 0.1) is 0 Å². The van der Waals surface area contributed by atoms with E-state index in [2.05, 4.69) is 0 Å². The standard InChI is InChI=1S/C9H7F9O2/c1-3(5(19)20)2-4(10)7(13,14)9(17,18)8(15,16)6(11)12/h2,4,6H,1H3,(H,19,20). The number of rotatable bonds is 6. The zero-order valence-electron chi connectivity index (χ0n) is 9.49. The smallest absolute Gasteiger partial charge is 0.381 e. The molecule has 0 aliphatic carbocycles. The fourth-order valence-electron chi connectivity index (χ4n) is 0.928. The molecule has 0 radical (unpaired) electrons. The van der Waals surface area contributed by atoms with Gasteiger partial charge in [-0.1, -0.05) is 0 Å². The molecule has 0 aromatic carbocycles. The molecule has 0 aliphatic rings. The summed E-state index contributed by atoms with van der Waals surface area (Å²) in [6, 6.07) is 0. The fraction of sp³-hybridized carbons (Fsp3) is 0.667. The van der Waals surface area contributed by atoms with Crippen LogP contribution < -0.4 is 0 Å². The molecule has 0 heterocycles. The zero-order valence-corrected chi connectivity index (χ0v) is 9.49. The number of hydrogen-bond donors (Lipinski definition) is 1. The molecule has 0 aromatic heterocycles. The van der Waals surface area contributed by atoms with Crippen LogP contribution in [0.15, 0.2) is 11.6 Å². The van der Waals surface area contributed by atoms with Crippen molar-refractivity contribution in [1.29, 1.82) is 0 Å². The van der Waals surface area contributed by atoms with Gasteiger partial charge in [0.15, 0.2) is 6.17 Å². The highest BCUT2D eigenvalue weighted by atomic mass is 19.4. The summed E-state index contributed by atoms with van der Waals surface area (Å²) < 4.78 is 112. The molecule has 1 atom stereocenters. The molecule has 0 aliphatic heterocycles. The van der Waals surface area contributed by atoms with Gasteiger partial charge < -0.3 is 5.11 Å². The summed E-state index contributed by atoms with van der Waals surface area (Å²) in [5, 5.41) is 8.21. The summed E-state index contributed by atoms with van der Waals surface area (Å²) in [6.07, 6.45) is -9.93. The van der Waals surface area contributed by atoms with Gasteiger partial charge in [-0.2, -0.15) is 26.3 Å². The molecule has 2 nitrogen and oxygen atoms in total. The quantitative estimate of drug-likeness (QED) is 0.601. The molecule has 0 bridgehead atoms. The molecule has 118 valence electrons. The highest BCUT2D eigenvalue weighted by Gasteiger charge is 2.77. The van der Waals surface area contributed by atoms with E-state index in [9.17, 15) is 44.3 Å². The summed E-state index contributed by atoms with van der Waals surface area (Å²) in [5.41, 5.74) is -1.19. The van der Waals surface area contributed by atoms with Crippen LogP contribution in [0.2, 0.25) is 0 Å². The molecule has 20 heavy (non-hydrogen) atoms. The molecule has 0 spiro atoms. The lowest BCUT2D eigenvalue weighted by molar-refractivity contribution is -0.346. The molecule has 11 heteroatoms. The van der Waals surface area contributed by atoms with Gasteiger partial charge in [0.2, 0.25) is 0 Å². The monoisotopic (exact) mass is 318 g/mol. The Balaban J connectivity index is 5.62. The maximum absolute atomic E-state index is 12.9. The maximum Gasteiger partial charge on any atom is 0.381 e. The number of hydrogen-bond acceptors (Lipinski definition) is 1. The zero-order chi connectivity index (χ0) is 16.5. The van der Waals surface area contributed by atoms with Crippen LogP contribution >= 0.6 is 0 Å². The van der Waals surface area contributed by atoms with Crippen LogP contribution in [-0.2, 0) is 4.79 Å². The van der Waals surface area contributed by atoms with Gasteiger partial charge in [-0.15, -0.1) is 0 Å².